The molecule has 1 saturated carbocycles. The maximum Gasteiger partial charge on any atom is 0.309 e. The summed E-state index contributed by atoms with van der Waals surface area (Å²) in [6, 6.07) is 0. The highest BCUT2D eigenvalue weighted by Crippen LogP contribution is 2.67. The third-order valence-electron chi connectivity index (χ3n) is 9.50. The molecule has 0 aromatic heterocycles. The minimum atomic E-state index is -1.23. The van der Waals surface area contributed by atoms with Crippen LogP contribution in [0.1, 0.15) is 92.4 Å². The summed E-state index contributed by atoms with van der Waals surface area (Å²) in [5.41, 5.74) is -0.348. The van der Waals surface area contributed by atoms with Crippen LogP contribution < -0.4 is 0 Å². The topological polar surface area (TPSA) is 129 Å². The zero-order valence-corrected chi connectivity index (χ0v) is 25.2. The standard InChI is InChI=1S/C32H48O9/c1-8-10-11-12-23(35)16-28(37)40-24-17-25-29(38-21(5)33)41-30(39-22(6)34)32(25)26(18-24)31(7,14-13-19(3)9-2)20(4)15-27(32)36/h9,17,20,23-24,26-27,29-30,35-36H,2-3,8,10-16,18H2,1,4-7H3/t20-,23?,24+,26+,27+,29+,30-,31-,32-/m1/s1. The molecule has 1 heterocycles. The second-order valence-electron chi connectivity index (χ2n) is 12.3. The van der Waals surface area contributed by atoms with E-state index in [9.17, 15) is 24.6 Å². The van der Waals surface area contributed by atoms with Gasteiger partial charge in [-0.25, -0.2) is 0 Å². The molecule has 0 aromatic rings. The molecule has 2 N–H and O–H groups in total. The molecule has 0 amide bonds. The fourth-order valence-electron chi connectivity index (χ4n) is 7.16. The average Bonchev–Trinajstić information content (AvgIpc) is 3.17. The second kappa shape index (κ2) is 13.7. The molecule has 1 saturated heterocycles. The number of esters is 3. The summed E-state index contributed by atoms with van der Waals surface area (Å²) >= 11 is 0. The zero-order valence-electron chi connectivity index (χ0n) is 25.2. The first-order chi connectivity index (χ1) is 19.3. The highest BCUT2D eigenvalue weighted by Gasteiger charge is 2.71. The van der Waals surface area contributed by atoms with E-state index in [1.54, 1.807) is 12.2 Å². The highest BCUT2D eigenvalue weighted by atomic mass is 16.8. The molecule has 9 atom stereocenters. The van der Waals surface area contributed by atoms with Crippen LogP contribution in [0.5, 0.6) is 0 Å². The third-order valence-corrected chi connectivity index (χ3v) is 9.50. The van der Waals surface area contributed by atoms with Crippen LogP contribution in [0.25, 0.3) is 0 Å². The Morgan fingerprint density at radius 2 is 1.85 bits per heavy atom. The smallest absolute Gasteiger partial charge is 0.309 e. The Kier molecular flexibility index (Phi) is 11.0. The van der Waals surface area contributed by atoms with Gasteiger partial charge >= 0.3 is 17.9 Å². The average molecular weight is 577 g/mol. The van der Waals surface area contributed by atoms with E-state index < -0.39 is 59.6 Å². The summed E-state index contributed by atoms with van der Waals surface area (Å²) in [4.78, 5) is 37.3. The molecular weight excluding hydrogens is 528 g/mol. The molecule has 3 rings (SSSR count). The van der Waals surface area contributed by atoms with E-state index in [4.69, 9.17) is 18.9 Å². The molecule has 41 heavy (non-hydrogen) atoms. The number of aliphatic hydroxyl groups excluding tert-OH is 2. The largest absolute Gasteiger partial charge is 0.458 e. The molecule has 2 aliphatic carbocycles. The number of rotatable bonds is 13. The van der Waals surface area contributed by atoms with Crippen LogP contribution >= 0.6 is 0 Å². The fraction of sp³-hybridized carbons (Fsp3) is 0.719. The predicted octanol–water partition coefficient (Wildman–Crippen LogP) is 4.90. The Bertz CT molecular complexity index is 1030. The SMILES string of the molecule is C=CC(=C)CC[C@]1(C)[C@H](C)C[C@H](O)[C@@]23C(=C[C@H](OC(=O)CC(O)CCCCC)C[C@@H]12)[C@@H](OC(C)=O)O[C@H]3OC(C)=O. The first-order valence-electron chi connectivity index (χ1n) is 14.9. The minimum Gasteiger partial charge on any atom is -0.458 e. The maximum atomic E-state index is 12.9. The van der Waals surface area contributed by atoms with Crippen molar-refractivity contribution in [3.8, 4) is 0 Å². The van der Waals surface area contributed by atoms with Gasteiger partial charge in [-0.3, -0.25) is 19.1 Å². The Morgan fingerprint density at radius 3 is 2.46 bits per heavy atom. The van der Waals surface area contributed by atoms with Crippen molar-refractivity contribution < 1.29 is 43.5 Å². The minimum absolute atomic E-state index is 0.0348. The van der Waals surface area contributed by atoms with Crippen LogP contribution in [0.3, 0.4) is 0 Å². The van der Waals surface area contributed by atoms with E-state index in [2.05, 4.69) is 33.9 Å². The molecule has 1 unspecified atom stereocenters. The van der Waals surface area contributed by atoms with Gasteiger partial charge in [0.1, 0.15) is 6.10 Å². The van der Waals surface area contributed by atoms with Crippen LogP contribution in [-0.2, 0) is 33.3 Å². The van der Waals surface area contributed by atoms with Gasteiger partial charge in [0.2, 0.25) is 12.6 Å². The lowest BCUT2D eigenvalue weighted by atomic mass is 9.45. The van der Waals surface area contributed by atoms with Gasteiger partial charge in [0.25, 0.3) is 0 Å². The Hall–Kier alpha value is -2.49. The van der Waals surface area contributed by atoms with Crippen molar-refractivity contribution in [2.24, 2.45) is 22.7 Å². The Morgan fingerprint density at radius 1 is 1.17 bits per heavy atom. The highest BCUT2D eigenvalue weighted by molar-refractivity contribution is 5.70. The molecule has 0 bridgehead atoms. The van der Waals surface area contributed by atoms with Crippen molar-refractivity contribution in [3.63, 3.8) is 0 Å². The van der Waals surface area contributed by atoms with E-state index in [-0.39, 0.29) is 18.3 Å². The number of carbonyl (C=O) groups excluding carboxylic acids is 3. The van der Waals surface area contributed by atoms with Gasteiger partial charge in [0.05, 0.1) is 24.0 Å². The molecule has 0 radical (unpaired) electrons. The van der Waals surface area contributed by atoms with Gasteiger partial charge < -0.3 is 24.4 Å². The molecule has 1 spiro atoms. The van der Waals surface area contributed by atoms with Crippen molar-refractivity contribution in [2.75, 3.05) is 0 Å². The summed E-state index contributed by atoms with van der Waals surface area (Å²) in [6.45, 7) is 16.7. The summed E-state index contributed by atoms with van der Waals surface area (Å²) in [6.07, 6.45) is 3.73. The van der Waals surface area contributed by atoms with Gasteiger partial charge in [-0.15, -0.1) is 0 Å². The van der Waals surface area contributed by atoms with E-state index in [0.29, 0.717) is 37.7 Å². The lowest BCUT2D eigenvalue weighted by Crippen LogP contribution is -2.63. The van der Waals surface area contributed by atoms with E-state index in [1.165, 1.54) is 13.8 Å². The Labute approximate surface area is 243 Å². The normalized spacial score (nSPS) is 34.9. The van der Waals surface area contributed by atoms with Crippen LogP contribution in [0.2, 0.25) is 0 Å². The first-order valence-corrected chi connectivity index (χ1v) is 14.9. The van der Waals surface area contributed by atoms with Gasteiger partial charge in [0.15, 0.2) is 0 Å². The lowest BCUT2D eigenvalue weighted by Gasteiger charge is -2.60. The fourth-order valence-corrected chi connectivity index (χ4v) is 7.16. The molecule has 230 valence electrons. The van der Waals surface area contributed by atoms with Crippen LogP contribution in [-0.4, -0.2) is 59.0 Å². The summed E-state index contributed by atoms with van der Waals surface area (Å²) in [5, 5.41) is 22.2. The quantitative estimate of drug-likeness (QED) is 0.103. The van der Waals surface area contributed by atoms with Crippen molar-refractivity contribution in [1.29, 1.82) is 0 Å². The Balaban J connectivity index is 2.05. The van der Waals surface area contributed by atoms with Crippen LogP contribution in [0.4, 0.5) is 0 Å². The molecule has 9 heteroatoms. The molecule has 3 aliphatic rings. The number of hydrogen-bond acceptors (Lipinski definition) is 9. The summed E-state index contributed by atoms with van der Waals surface area (Å²) in [7, 11) is 0. The molecule has 2 fully saturated rings. The van der Waals surface area contributed by atoms with Crippen molar-refractivity contribution in [1.82, 2.24) is 0 Å². The maximum absolute atomic E-state index is 12.9. The number of ether oxygens (including phenoxy) is 4. The van der Waals surface area contributed by atoms with E-state index >= 15 is 0 Å². The molecule has 9 nitrogen and oxygen atoms in total. The summed E-state index contributed by atoms with van der Waals surface area (Å²) < 4.78 is 23.2. The van der Waals surface area contributed by atoms with E-state index in [1.807, 2.05) is 0 Å². The first kappa shape index (κ1) is 33.0. The summed E-state index contributed by atoms with van der Waals surface area (Å²) in [5.74, 6) is -2.08. The monoisotopic (exact) mass is 576 g/mol. The lowest BCUT2D eigenvalue weighted by molar-refractivity contribution is -0.254. The van der Waals surface area contributed by atoms with Crippen molar-refractivity contribution >= 4 is 17.9 Å². The van der Waals surface area contributed by atoms with Crippen molar-refractivity contribution in [2.45, 2.75) is 123 Å². The second-order valence-corrected chi connectivity index (χ2v) is 12.3. The zero-order chi connectivity index (χ0) is 30.5. The predicted molar refractivity (Wildman–Crippen MR) is 152 cm³/mol. The van der Waals surface area contributed by atoms with Gasteiger partial charge in [-0.2, -0.15) is 0 Å². The van der Waals surface area contributed by atoms with Gasteiger partial charge in [0, 0.05) is 19.4 Å². The number of aliphatic hydroxyl groups is 2. The third kappa shape index (κ3) is 6.95. The number of carbonyl (C=O) groups is 3. The van der Waals surface area contributed by atoms with Gasteiger partial charge in [-0.1, -0.05) is 64.8 Å². The van der Waals surface area contributed by atoms with E-state index in [0.717, 1.165) is 24.8 Å². The molecular formula is C32H48O9. The van der Waals surface area contributed by atoms with Crippen LogP contribution in [0, 0.1) is 22.7 Å². The van der Waals surface area contributed by atoms with Crippen LogP contribution in [0.15, 0.2) is 36.5 Å². The van der Waals surface area contributed by atoms with Crippen molar-refractivity contribution in [3.05, 3.63) is 36.5 Å². The number of allylic oxidation sites excluding steroid dienone is 2. The number of unbranched alkanes of at least 4 members (excludes halogenated alkanes) is 2. The van der Waals surface area contributed by atoms with Gasteiger partial charge in [-0.05, 0) is 55.4 Å². The molecule has 0 aromatic carbocycles. The number of hydrogen-bond donors (Lipinski definition) is 2. The molecule has 1 aliphatic heterocycles.